The molecule has 0 saturated heterocycles. The summed E-state index contributed by atoms with van der Waals surface area (Å²) >= 11 is 0. The summed E-state index contributed by atoms with van der Waals surface area (Å²) in [6.45, 7) is 2.26. The molecule has 0 atom stereocenters. The molecule has 0 amide bonds. The van der Waals surface area contributed by atoms with Crippen molar-refractivity contribution < 1.29 is 4.79 Å². The molecular weight excluding hydrogens is 223 g/mol. The van der Waals surface area contributed by atoms with E-state index in [4.69, 9.17) is 0 Å². The van der Waals surface area contributed by atoms with Gasteiger partial charge in [0.15, 0.2) is 0 Å². The summed E-state index contributed by atoms with van der Waals surface area (Å²) in [7, 11) is 0. The molecule has 16 heavy (non-hydrogen) atoms. The average Bonchev–Trinajstić information content (AvgIpc) is 2.26. The second kappa shape index (κ2) is 18.7. The van der Waals surface area contributed by atoms with E-state index in [0.717, 1.165) is 19.1 Å². The van der Waals surface area contributed by atoms with Crippen LogP contribution in [0.1, 0.15) is 84.0 Å². The summed E-state index contributed by atoms with van der Waals surface area (Å²) in [6, 6.07) is 0. The van der Waals surface area contributed by atoms with Gasteiger partial charge in [-0.15, -0.1) is 0 Å². The Kier molecular flexibility index (Phi) is 22.9. The van der Waals surface area contributed by atoms with Crippen molar-refractivity contribution >= 4 is 57.7 Å². The van der Waals surface area contributed by atoms with E-state index in [0.29, 0.717) is 0 Å². The summed E-state index contributed by atoms with van der Waals surface area (Å²) in [5.74, 6) is 0. The van der Waals surface area contributed by atoms with Crippen molar-refractivity contribution in [2.45, 2.75) is 84.0 Å². The molecule has 0 fully saturated rings. The van der Waals surface area contributed by atoms with Gasteiger partial charge in [-0.2, -0.15) is 0 Å². The molecule has 0 aliphatic rings. The van der Waals surface area contributed by atoms with E-state index in [-0.39, 0.29) is 51.4 Å². The van der Waals surface area contributed by atoms with Crippen LogP contribution in [0.4, 0.5) is 0 Å². The Morgan fingerprint density at radius 1 is 0.688 bits per heavy atom. The first-order valence-electron chi connectivity index (χ1n) is 6.85. The fraction of sp³-hybridized carbons (Fsp3) is 0.929. The maximum atomic E-state index is 10.1. The second-order valence-electron chi connectivity index (χ2n) is 4.49. The zero-order chi connectivity index (χ0) is 11.2. The van der Waals surface area contributed by atoms with Crippen molar-refractivity contribution in [1.82, 2.24) is 0 Å². The Morgan fingerprint density at radius 3 is 1.44 bits per heavy atom. The van der Waals surface area contributed by atoms with Gasteiger partial charge < -0.3 is 4.79 Å². The van der Waals surface area contributed by atoms with E-state index < -0.39 is 0 Å². The minimum atomic E-state index is 0. The van der Waals surface area contributed by atoms with Gasteiger partial charge in [0, 0.05) is 6.42 Å². The fourth-order valence-corrected chi connectivity index (χ4v) is 1.89. The number of aldehydes is 1. The molecule has 1 nitrogen and oxygen atoms in total. The number of hydrogen-bond acceptors (Lipinski definition) is 1. The van der Waals surface area contributed by atoms with Gasteiger partial charge in [0.05, 0.1) is 0 Å². The number of hydrogen-bond donors (Lipinski definition) is 0. The van der Waals surface area contributed by atoms with Crippen LogP contribution in [0.2, 0.25) is 0 Å². The molecule has 0 bridgehead atoms. The van der Waals surface area contributed by atoms with Crippen LogP contribution in [0, 0.1) is 0 Å². The zero-order valence-electron chi connectivity index (χ0n) is 10.5. The van der Waals surface area contributed by atoms with Crippen molar-refractivity contribution in [1.29, 1.82) is 0 Å². The van der Waals surface area contributed by atoms with Crippen LogP contribution in [0.15, 0.2) is 0 Å². The molecule has 0 aliphatic carbocycles. The van der Waals surface area contributed by atoms with Crippen molar-refractivity contribution in [3.63, 3.8) is 0 Å². The van der Waals surface area contributed by atoms with Crippen molar-refractivity contribution in [3.05, 3.63) is 0 Å². The molecule has 0 rings (SSSR count). The van der Waals surface area contributed by atoms with Crippen LogP contribution in [-0.4, -0.2) is 57.7 Å². The molecule has 0 aromatic carbocycles. The number of carbonyl (C=O) groups is 1. The number of carbonyl (C=O) groups excluding carboxylic acids is 1. The monoisotopic (exact) mass is 252 g/mol. The summed E-state index contributed by atoms with van der Waals surface area (Å²) < 4.78 is 0. The topological polar surface area (TPSA) is 17.1 Å². The van der Waals surface area contributed by atoms with Crippen LogP contribution < -0.4 is 0 Å². The van der Waals surface area contributed by atoms with Gasteiger partial charge >= 0.3 is 51.4 Å². The summed E-state index contributed by atoms with van der Waals surface area (Å²) in [4.78, 5) is 10.1. The minimum absolute atomic E-state index is 0. The normalized spacial score (nSPS) is 9.81. The molecule has 0 aromatic rings. The molecule has 2 heteroatoms. The molecule has 0 radical (unpaired) electrons. The van der Waals surface area contributed by atoms with Crippen LogP contribution in [0.25, 0.3) is 0 Å². The van der Waals surface area contributed by atoms with Crippen molar-refractivity contribution in [3.8, 4) is 0 Å². The summed E-state index contributed by atoms with van der Waals surface area (Å²) in [6.07, 6.45) is 16.7. The molecular formula is C14H29KO. The zero-order valence-corrected chi connectivity index (χ0v) is 10.5. The summed E-state index contributed by atoms with van der Waals surface area (Å²) in [5.41, 5.74) is 0. The second-order valence-corrected chi connectivity index (χ2v) is 4.49. The molecule has 0 N–H and O–H groups in total. The van der Waals surface area contributed by atoms with E-state index in [2.05, 4.69) is 6.92 Å². The van der Waals surface area contributed by atoms with E-state index >= 15 is 0 Å². The van der Waals surface area contributed by atoms with Gasteiger partial charge in [-0.1, -0.05) is 71.1 Å². The standard InChI is InChI=1S/C14H28O.K.H/c1-2-3-4-5-6-7-8-9-10-11-12-13-14-15;;/h14H,2-13H2,1H3;;. The predicted octanol–water partition coefficient (Wildman–Crippen LogP) is 4.24. The van der Waals surface area contributed by atoms with Crippen LogP contribution in [0.3, 0.4) is 0 Å². The average molecular weight is 252 g/mol. The van der Waals surface area contributed by atoms with E-state index in [1.165, 1.54) is 64.2 Å². The van der Waals surface area contributed by atoms with E-state index in [1.807, 2.05) is 0 Å². The Hall–Kier alpha value is 1.31. The Morgan fingerprint density at radius 2 is 1.06 bits per heavy atom. The third kappa shape index (κ3) is 17.7. The molecule has 0 saturated carbocycles. The van der Waals surface area contributed by atoms with E-state index in [9.17, 15) is 4.79 Å². The Balaban J connectivity index is 0. The third-order valence-electron chi connectivity index (χ3n) is 2.93. The number of unbranched alkanes of at least 4 members (excludes halogenated alkanes) is 11. The van der Waals surface area contributed by atoms with Gasteiger partial charge in [-0.25, -0.2) is 0 Å². The van der Waals surface area contributed by atoms with Crippen molar-refractivity contribution in [2.75, 3.05) is 0 Å². The summed E-state index contributed by atoms with van der Waals surface area (Å²) in [5, 5.41) is 0. The molecule has 0 heterocycles. The van der Waals surface area contributed by atoms with Crippen LogP contribution in [0.5, 0.6) is 0 Å². The van der Waals surface area contributed by atoms with Crippen molar-refractivity contribution in [2.24, 2.45) is 0 Å². The SMILES string of the molecule is CCCCCCCCCCCCCC=O.[KH]. The third-order valence-corrected chi connectivity index (χ3v) is 2.93. The molecule has 92 valence electrons. The van der Waals surface area contributed by atoms with Gasteiger partial charge in [0.2, 0.25) is 0 Å². The Bertz CT molecular complexity index is 126. The van der Waals surface area contributed by atoms with Gasteiger partial charge in [0.1, 0.15) is 6.29 Å². The number of rotatable bonds is 12. The van der Waals surface area contributed by atoms with Crippen LogP contribution >= 0.6 is 0 Å². The van der Waals surface area contributed by atoms with Gasteiger partial charge in [-0.05, 0) is 6.42 Å². The first kappa shape index (κ1) is 19.6. The predicted molar refractivity (Wildman–Crippen MR) is 74.3 cm³/mol. The van der Waals surface area contributed by atoms with Crippen LogP contribution in [-0.2, 0) is 4.79 Å². The van der Waals surface area contributed by atoms with Gasteiger partial charge in [-0.3, -0.25) is 0 Å². The maximum absolute atomic E-state index is 10.1. The molecule has 0 spiro atoms. The quantitative estimate of drug-likeness (QED) is 0.288. The molecule has 0 aromatic heterocycles. The Labute approximate surface area is 145 Å². The molecule has 0 aliphatic heterocycles. The first-order valence-corrected chi connectivity index (χ1v) is 6.85. The fourth-order valence-electron chi connectivity index (χ4n) is 1.89. The first-order chi connectivity index (χ1) is 7.41. The van der Waals surface area contributed by atoms with E-state index in [1.54, 1.807) is 0 Å². The molecule has 0 unspecified atom stereocenters. The van der Waals surface area contributed by atoms with Gasteiger partial charge in [0.25, 0.3) is 0 Å².